The Balaban J connectivity index is 1.58. The van der Waals surface area contributed by atoms with Crippen molar-refractivity contribution in [2.24, 2.45) is 0 Å². The van der Waals surface area contributed by atoms with E-state index in [4.69, 9.17) is 5.26 Å². The van der Waals surface area contributed by atoms with Crippen LogP contribution in [0.2, 0.25) is 0 Å². The van der Waals surface area contributed by atoms with Gasteiger partial charge in [-0.25, -0.2) is 19.2 Å². The fraction of sp³-hybridized carbons (Fsp3) is 0.211. The number of rotatable bonds is 2. The van der Waals surface area contributed by atoms with Crippen LogP contribution in [0.3, 0.4) is 0 Å². The molecule has 8 nitrogen and oxygen atoms in total. The molecule has 0 fully saturated rings. The Kier molecular flexibility index (Phi) is 4.45. The number of nitriles is 1. The normalized spacial score (nSPS) is 15.6. The molecular weight excluding hydrogens is 361 g/mol. The van der Waals surface area contributed by atoms with Crippen LogP contribution in [0.4, 0.5) is 14.9 Å². The smallest absolute Gasteiger partial charge is 0.319 e. The van der Waals surface area contributed by atoms with Gasteiger partial charge in [0.25, 0.3) is 0 Å². The van der Waals surface area contributed by atoms with Crippen LogP contribution < -0.4 is 5.32 Å². The molecular formula is C19H16FN7O. The number of nitrogens with zero attached hydrogens (tertiary/aromatic N) is 5. The van der Waals surface area contributed by atoms with E-state index in [-0.39, 0.29) is 17.5 Å². The highest BCUT2D eigenvalue weighted by atomic mass is 19.1. The fourth-order valence-electron chi connectivity index (χ4n) is 3.28. The van der Waals surface area contributed by atoms with Crippen LogP contribution in [0.15, 0.2) is 36.7 Å². The standard InChI is InChI=1S/C19H16FN7O/c1-11-9-27(19(28)24-13-3-4-15(20)12(7-13)8-21)10-14-16(11)25-26-17(14)18-22-5-2-6-23-18/h2-7,11H,9-10H2,1H3,(H,24,28)(H,25,26). The highest BCUT2D eigenvalue weighted by molar-refractivity contribution is 5.90. The Bertz CT molecular complexity index is 1070. The van der Waals surface area contributed by atoms with E-state index in [1.165, 1.54) is 12.1 Å². The molecule has 0 saturated carbocycles. The number of carbonyl (C=O) groups excluding carboxylic acids is 1. The van der Waals surface area contributed by atoms with Crippen molar-refractivity contribution in [2.75, 3.05) is 11.9 Å². The van der Waals surface area contributed by atoms with Crippen LogP contribution in [0.25, 0.3) is 11.5 Å². The van der Waals surface area contributed by atoms with Crippen molar-refractivity contribution >= 4 is 11.7 Å². The van der Waals surface area contributed by atoms with Gasteiger partial charge in [-0.3, -0.25) is 5.10 Å². The Hall–Kier alpha value is -3.80. The Labute approximate surface area is 160 Å². The molecule has 2 N–H and O–H groups in total. The van der Waals surface area contributed by atoms with Gasteiger partial charge in [-0.2, -0.15) is 10.4 Å². The molecule has 28 heavy (non-hydrogen) atoms. The Morgan fingerprint density at radius 1 is 1.39 bits per heavy atom. The summed E-state index contributed by atoms with van der Waals surface area (Å²) < 4.78 is 13.5. The number of hydrogen-bond acceptors (Lipinski definition) is 5. The SMILES string of the molecule is CC1CN(C(=O)Nc2ccc(F)c(C#N)c2)Cc2c1n[nH]c2-c1ncccn1. The van der Waals surface area contributed by atoms with E-state index in [1.54, 1.807) is 29.4 Å². The lowest BCUT2D eigenvalue weighted by molar-refractivity contribution is 0.201. The van der Waals surface area contributed by atoms with Gasteiger partial charge in [-0.1, -0.05) is 6.92 Å². The van der Waals surface area contributed by atoms with E-state index in [0.29, 0.717) is 30.3 Å². The number of urea groups is 1. The van der Waals surface area contributed by atoms with E-state index >= 15 is 0 Å². The highest BCUT2D eigenvalue weighted by Gasteiger charge is 2.31. The van der Waals surface area contributed by atoms with Gasteiger partial charge in [-0.05, 0) is 24.3 Å². The monoisotopic (exact) mass is 377 g/mol. The number of anilines is 1. The second-order valence-electron chi connectivity index (χ2n) is 6.55. The van der Waals surface area contributed by atoms with Gasteiger partial charge >= 0.3 is 6.03 Å². The van der Waals surface area contributed by atoms with Crippen LogP contribution in [-0.4, -0.2) is 37.6 Å². The first-order valence-corrected chi connectivity index (χ1v) is 8.67. The first kappa shape index (κ1) is 17.6. The number of carbonyl (C=O) groups is 1. The summed E-state index contributed by atoms with van der Waals surface area (Å²) in [5.74, 6) is -0.0864. The Morgan fingerprint density at radius 3 is 2.93 bits per heavy atom. The third-order valence-corrected chi connectivity index (χ3v) is 4.62. The predicted molar refractivity (Wildman–Crippen MR) is 98.6 cm³/mol. The van der Waals surface area contributed by atoms with E-state index in [9.17, 15) is 9.18 Å². The van der Waals surface area contributed by atoms with Gasteiger partial charge < -0.3 is 10.2 Å². The zero-order chi connectivity index (χ0) is 19.7. The summed E-state index contributed by atoms with van der Waals surface area (Å²) >= 11 is 0. The molecule has 1 aliphatic rings. The third kappa shape index (κ3) is 3.16. The van der Waals surface area contributed by atoms with Gasteiger partial charge in [0.05, 0.1) is 17.8 Å². The number of halogens is 1. The molecule has 1 aromatic carbocycles. The molecule has 0 bridgehead atoms. The summed E-state index contributed by atoms with van der Waals surface area (Å²) in [6.07, 6.45) is 3.29. The molecule has 2 aromatic heterocycles. The van der Waals surface area contributed by atoms with Crippen LogP contribution >= 0.6 is 0 Å². The summed E-state index contributed by atoms with van der Waals surface area (Å²) in [4.78, 5) is 22.9. The summed E-state index contributed by atoms with van der Waals surface area (Å²) in [6, 6.07) is 7.05. The topological polar surface area (TPSA) is 111 Å². The number of amides is 2. The molecule has 0 spiro atoms. The first-order chi connectivity index (χ1) is 13.6. The van der Waals surface area contributed by atoms with Crippen molar-refractivity contribution in [1.29, 1.82) is 5.26 Å². The minimum Gasteiger partial charge on any atom is -0.319 e. The molecule has 0 radical (unpaired) electrons. The molecule has 1 unspecified atom stereocenters. The number of H-pyrrole nitrogens is 1. The Morgan fingerprint density at radius 2 is 2.18 bits per heavy atom. The zero-order valence-corrected chi connectivity index (χ0v) is 15.0. The van der Waals surface area contributed by atoms with Crippen molar-refractivity contribution in [3.63, 3.8) is 0 Å². The minimum atomic E-state index is -0.623. The molecule has 9 heteroatoms. The average molecular weight is 377 g/mol. The van der Waals surface area contributed by atoms with Crippen molar-refractivity contribution < 1.29 is 9.18 Å². The lowest BCUT2D eigenvalue weighted by Gasteiger charge is -2.30. The second-order valence-corrected chi connectivity index (χ2v) is 6.55. The van der Waals surface area contributed by atoms with Gasteiger partial charge in [0.2, 0.25) is 0 Å². The number of aromatic nitrogens is 4. The third-order valence-electron chi connectivity index (χ3n) is 4.62. The van der Waals surface area contributed by atoms with Crippen molar-refractivity contribution in [3.8, 4) is 17.6 Å². The maximum absolute atomic E-state index is 13.5. The maximum Gasteiger partial charge on any atom is 0.322 e. The van der Waals surface area contributed by atoms with Crippen molar-refractivity contribution in [3.05, 3.63) is 59.3 Å². The van der Waals surface area contributed by atoms with Gasteiger partial charge in [0.15, 0.2) is 5.82 Å². The van der Waals surface area contributed by atoms with Gasteiger partial charge in [0, 0.05) is 36.1 Å². The molecule has 3 heterocycles. The van der Waals surface area contributed by atoms with E-state index < -0.39 is 5.82 Å². The maximum atomic E-state index is 13.5. The molecule has 2 amide bonds. The number of aromatic amines is 1. The van der Waals surface area contributed by atoms with Gasteiger partial charge in [0.1, 0.15) is 17.6 Å². The van der Waals surface area contributed by atoms with Crippen LogP contribution in [-0.2, 0) is 6.54 Å². The molecule has 4 rings (SSSR count). The van der Waals surface area contributed by atoms with Crippen LogP contribution in [0.5, 0.6) is 0 Å². The lowest BCUT2D eigenvalue weighted by Crippen LogP contribution is -2.40. The highest BCUT2D eigenvalue weighted by Crippen LogP contribution is 2.32. The van der Waals surface area contributed by atoms with Gasteiger partial charge in [-0.15, -0.1) is 0 Å². The molecule has 3 aromatic rings. The predicted octanol–water partition coefficient (Wildman–Crippen LogP) is 3.03. The lowest BCUT2D eigenvalue weighted by atomic mass is 9.96. The number of nitrogens with one attached hydrogen (secondary N) is 2. The largest absolute Gasteiger partial charge is 0.322 e. The summed E-state index contributed by atoms with van der Waals surface area (Å²) in [7, 11) is 0. The average Bonchev–Trinajstić information content (AvgIpc) is 3.14. The first-order valence-electron chi connectivity index (χ1n) is 8.67. The number of fused-ring (bicyclic) bond motifs is 1. The van der Waals surface area contributed by atoms with E-state index in [0.717, 1.165) is 17.3 Å². The van der Waals surface area contributed by atoms with Crippen LogP contribution in [0.1, 0.15) is 29.7 Å². The summed E-state index contributed by atoms with van der Waals surface area (Å²) in [6.45, 7) is 2.80. The van der Waals surface area contributed by atoms with Crippen molar-refractivity contribution in [2.45, 2.75) is 19.4 Å². The number of benzene rings is 1. The summed E-state index contributed by atoms with van der Waals surface area (Å²) in [5, 5.41) is 19.0. The van der Waals surface area contributed by atoms with E-state index in [1.807, 2.05) is 6.92 Å². The van der Waals surface area contributed by atoms with E-state index in [2.05, 4.69) is 25.5 Å². The molecule has 140 valence electrons. The van der Waals surface area contributed by atoms with Crippen LogP contribution in [0, 0.1) is 17.1 Å². The molecule has 0 saturated heterocycles. The zero-order valence-electron chi connectivity index (χ0n) is 15.0. The minimum absolute atomic E-state index is 0.0195. The quantitative estimate of drug-likeness (QED) is 0.713. The fourth-order valence-corrected chi connectivity index (χ4v) is 3.28. The van der Waals surface area contributed by atoms with Crippen molar-refractivity contribution in [1.82, 2.24) is 25.1 Å². The molecule has 1 atom stereocenters. The second kappa shape index (κ2) is 7.08. The number of hydrogen-bond donors (Lipinski definition) is 2. The molecule has 0 aliphatic carbocycles. The summed E-state index contributed by atoms with van der Waals surface area (Å²) in [5.41, 5.74) is 2.69. The molecule has 1 aliphatic heterocycles.